The summed E-state index contributed by atoms with van der Waals surface area (Å²) in [6, 6.07) is 12.9. The Morgan fingerprint density at radius 3 is 2.52 bits per heavy atom. The third kappa shape index (κ3) is 4.59. The van der Waals surface area contributed by atoms with E-state index in [2.05, 4.69) is 58.0 Å². The van der Waals surface area contributed by atoms with Crippen molar-refractivity contribution >= 4 is 0 Å². The number of hydrogen-bond acceptors (Lipinski definition) is 2. The molecule has 2 heteroatoms. The number of ether oxygens (including phenoxy) is 1. The van der Waals surface area contributed by atoms with E-state index in [9.17, 15) is 0 Å². The molecule has 0 heterocycles. The zero-order valence-electron chi connectivity index (χ0n) is 14.9. The Morgan fingerprint density at radius 1 is 1.00 bits per heavy atom. The topological polar surface area (TPSA) is 35.2 Å². The summed E-state index contributed by atoms with van der Waals surface area (Å²) >= 11 is 0. The summed E-state index contributed by atoms with van der Waals surface area (Å²) in [5, 5.41) is 0. The Hall–Kier alpha value is -1.80. The molecule has 2 nitrogen and oxygen atoms in total. The maximum absolute atomic E-state index is 6.02. The van der Waals surface area contributed by atoms with Gasteiger partial charge in [0, 0.05) is 0 Å². The standard InChI is InChI=1S/C21H29NO/c1-15-10-11-17(3)20(13-15)19(14-22)8-6-12-23-21-9-5-7-16(2)18(21)4/h5,7,9-11,13,19H,6,8,12,14,22H2,1-4H3. The van der Waals surface area contributed by atoms with Crippen molar-refractivity contribution in [1.82, 2.24) is 0 Å². The maximum atomic E-state index is 6.02. The summed E-state index contributed by atoms with van der Waals surface area (Å²) in [7, 11) is 0. The maximum Gasteiger partial charge on any atom is 0.122 e. The van der Waals surface area contributed by atoms with Crippen LogP contribution in [-0.2, 0) is 0 Å². The van der Waals surface area contributed by atoms with Crippen LogP contribution in [0.4, 0.5) is 0 Å². The quantitative estimate of drug-likeness (QED) is 0.744. The van der Waals surface area contributed by atoms with Crippen molar-refractivity contribution in [3.8, 4) is 5.75 Å². The van der Waals surface area contributed by atoms with Gasteiger partial charge in [0.25, 0.3) is 0 Å². The lowest BCUT2D eigenvalue weighted by Crippen LogP contribution is -2.15. The van der Waals surface area contributed by atoms with E-state index < -0.39 is 0 Å². The van der Waals surface area contributed by atoms with Gasteiger partial charge in [0.15, 0.2) is 0 Å². The van der Waals surface area contributed by atoms with E-state index in [0.717, 1.165) is 25.2 Å². The highest BCUT2D eigenvalue weighted by atomic mass is 16.5. The van der Waals surface area contributed by atoms with Crippen LogP contribution in [0.2, 0.25) is 0 Å². The van der Waals surface area contributed by atoms with Gasteiger partial charge in [-0.3, -0.25) is 0 Å². The SMILES string of the molecule is Cc1ccc(C)c(C(CN)CCCOc2cccc(C)c2C)c1. The minimum absolute atomic E-state index is 0.414. The van der Waals surface area contributed by atoms with Gasteiger partial charge in [0.1, 0.15) is 5.75 Å². The van der Waals surface area contributed by atoms with Gasteiger partial charge in [-0.2, -0.15) is 0 Å². The molecule has 0 saturated heterocycles. The molecule has 0 aliphatic heterocycles. The number of aryl methyl sites for hydroxylation is 3. The molecule has 0 aliphatic rings. The second kappa shape index (κ2) is 8.16. The molecule has 0 aromatic heterocycles. The molecule has 23 heavy (non-hydrogen) atoms. The van der Waals surface area contributed by atoms with E-state index in [-0.39, 0.29) is 0 Å². The zero-order chi connectivity index (χ0) is 16.8. The second-order valence-electron chi connectivity index (χ2n) is 6.48. The van der Waals surface area contributed by atoms with Crippen molar-refractivity contribution < 1.29 is 4.74 Å². The largest absolute Gasteiger partial charge is 0.493 e. The highest BCUT2D eigenvalue weighted by Gasteiger charge is 2.12. The van der Waals surface area contributed by atoms with Crippen molar-refractivity contribution in [2.24, 2.45) is 5.73 Å². The van der Waals surface area contributed by atoms with Crippen LogP contribution in [0.25, 0.3) is 0 Å². The Labute approximate surface area is 140 Å². The first-order valence-corrected chi connectivity index (χ1v) is 8.49. The summed E-state index contributed by atoms with van der Waals surface area (Å²) in [6.07, 6.45) is 2.08. The van der Waals surface area contributed by atoms with Crippen molar-refractivity contribution in [2.75, 3.05) is 13.2 Å². The summed E-state index contributed by atoms with van der Waals surface area (Å²) in [6.45, 7) is 9.97. The highest BCUT2D eigenvalue weighted by molar-refractivity contribution is 5.38. The normalized spacial score (nSPS) is 12.2. The van der Waals surface area contributed by atoms with Crippen LogP contribution in [0.5, 0.6) is 5.75 Å². The summed E-state index contributed by atoms with van der Waals surface area (Å²) in [5.74, 6) is 1.41. The van der Waals surface area contributed by atoms with Gasteiger partial charge < -0.3 is 10.5 Å². The van der Waals surface area contributed by atoms with Gasteiger partial charge >= 0.3 is 0 Å². The predicted octanol–water partition coefficient (Wildman–Crippen LogP) is 4.82. The molecule has 0 amide bonds. The first kappa shape index (κ1) is 17.6. The Morgan fingerprint density at radius 2 is 1.78 bits per heavy atom. The van der Waals surface area contributed by atoms with Gasteiger partial charge in [0.2, 0.25) is 0 Å². The second-order valence-corrected chi connectivity index (χ2v) is 6.48. The molecular formula is C21H29NO. The summed E-state index contributed by atoms with van der Waals surface area (Å²) in [4.78, 5) is 0. The minimum atomic E-state index is 0.414. The first-order chi connectivity index (χ1) is 11.0. The van der Waals surface area contributed by atoms with Crippen molar-refractivity contribution in [1.29, 1.82) is 0 Å². The summed E-state index contributed by atoms with van der Waals surface area (Å²) < 4.78 is 5.96. The number of rotatable bonds is 7. The lowest BCUT2D eigenvalue weighted by atomic mass is 9.90. The molecule has 0 bridgehead atoms. The predicted molar refractivity (Wildman–Crippen MR) is 98.4 cm³/mol. The molecule has 0 spiro atoms. The average molecular weight is 311 g/mol. The van der Waals surface area contributed by atoms with E-state index in [0.29, 0.717) is 12.5 Å². The van der Waals surface area contributed by atoms with E-state index in [4.69, 9.17) is 10.5 Å². The Balaban J connectivity index is 1.91. The van der Waals surface area contributed by atoms with Crippen LogP contribution < -0.4 is 10.5 Å². The molecule has 1 atom stereocenters. The van der Waals surface area contributed by atoms with Crippen LogP contribution in [0, 0.1) is 27.7 Å². The molecule has 0 fully saturated rings. The fourth-order valence-electron chi connectivity index (χ4n) is 2.99. The highest BCUT2D eigenvalue weighted by Crippen LogP contribution is 2.25. The molecule has 2 rings (SSSR count). The fourth-order valence-corrected chi connectivity index (χ4v) is 2.99. The van der Waals surface area contributed by atoms with Crippen LogP contribution >= 0.6 is 0 Å². The van der Waals surface area contributed by atoms with Crippen molar-refractivity contribution in [2.45, 2.75) is 46.5 Å². The Kier molecular flexibility index (Phi) is 6.23. The van der Waals surface area contributed by atoms with Crippen LogP contribution in [0.1, 0.15) is 46.6 Å². The average Bonchev–Trinajstić information content (AvgIpc) is 2.54. The van der Waals surface area contributed by atoms with Crippen molar-refractivity contribution in [3.05, 3.63) is 64.2 Å². The molecule has 0 saturated carbocycles. The van der Waals surface area contributed by atoms with E-state index in [1.54, 1.807) is 0 Å². The van der Waals surface area contributed by atoms with Gasteiger partial charge in [-0.15, -0.1) is 0 Å². The molecule has 2 aromatic rings. The van der Waals surface area contributed by atoms with Gasteiger partial charge in [-0.05, 0) is 81.3 Å². The first-order valence-electron chi connectivity index (χ1n) is 8.49. The number of nitrogens with two attached hydrogens (primary N) is 1. The van der Waals surface area contributed by atoms with Crippen LogP contribution in [0.3, 0.4) is 0 Å². The third-order valence-electron chi connectivity index (χ3n) is 4.67. The van der Waals surface area contributed by atoms with Gasteiger partial charge in [-0.25, -0.2) is 0 Å². The molecule has 2 aromatic carbocycles. The number of hydrogen-bond donors (Lipinski definition) is 1. The third-order valence-corrected chi connectivity index (χ3v) is 4.67. The van der Waals surface area contributed by atoms with E-state index in [1.165, 1.54) is 27.8 Å². The van der Waals surface area contributed by atoms with E-state index >= 15 is 0 Å². The molecule has 0 radical (unpaired) electrons. The van der Waals surface area contributed by atoms with Crippen LogP contribution in [-0.4, -0.2) is 13.2 Å². The zero-order valence-corrected chi connectivity index (χ0v) is 14.9. The molecule has 2 N–H and O–H groups in total. The molecule has 0 aliphatic carbocycles. The molecule has 1 unspecified atom stereocenters. The smallest absolute Gasteiger partial charge is 0.122 e. The van der Waals surface area contributed by atoms with Gasteiger partial charge in [-0.1, -0.05) is 35.9 Å². The van der Waals surface area contributed by atoms with Crippen molar-refractivity contribution in [3.63, 3.8) is 0 Å². The monoisotopic (exact) mass is 311 g/mol. The van der Waals surface area contributed by atoms with E-state index in [1.807, 2.05) is 6.07 Å². The molecule has 124 valence electrons. The Bertz CT molecular complexity index is 648. The van der Waals surface area contributed by atoms with Gasteiger partial charge in [0.05, 0.1) is 6.61 Å². The fraction of sp³-hybridized carbons (Fsp3) is 0.429. The molecular weight excluding hydrogens is 282 g/mol. The summed E-state index contributed by atoms with van der Waals surface area (Å²) in [5.41, 5.74) is 12.6. The van der Waals surface area contributed by atoms with Crippen LogP contribution in [0.15, 0.2) is 36.4 Å². The number of benzene rings is 2. The minimum Gasteiger partial charge on any atom is -0.493 e. The lowest BCUT2D eigenvalue weighted by molar-refractivity contribution is 0.299. The lowest BCUT2D eigenvalue weighted by Gasteiger charge is -2.19.